The quantitative estimate of drug-likeness (QED) is 0.828. The summed E-state index contributed by atoms with van der Waals surface area (Å²) in [6.07, 6.45) is 4.90. The van der Waals surface area contributed by atoms with Crippen LogP contribution >= 0.6 is 11.6 Å². The number of amides is 3. The molecule has 7 nitrogen and oxygen atoms in total. The van der Waals surface area contributed by atoms with Crippen molar-refractivity contribution in [1.29, 1.82) is 0 Å². The average Bonchev–Trinajstić information content (AvgIpc) is 2.72. The minimum absolute atomic E-state index is 0.268. The summed E-state index contributed by atoms with van der Waals surface area (Å²) in [5.74, 6) is -0.270. The van der Waals surface area contributed by atoms with E-state index < -0.39 is 6.03 Å². The molecule has 0 radical (unpaired) electrons. The fourth-order valence-electron chi connectivity index (χ4n) is 1.85. The number of urea groups is 1. The first-order valence-corrected chi connectivity index (χ1v) is 5.63. The maximum atomic E-state index is 11.7. The summed E-state index contributed by atoms with van der Waals surface area (Å²) in [7, 11) is 0. The molecule has 1 saturated heterocycles. The van der Waals surface area contributed by atoms with E-state index in [4.69, 9.17) is 11.6 Å². The Morgan fingerprint density at radius 2 is 2.17 bits per heavy atom. The Morgan fingerprint density at radius 1 is 1.33 bits per heavy atom. The van der Waals surface area contributed by atoms with E-state index in [0.29, 0.717) is 22.9 Å². The lowest BCUT2D eigenvalue weighted by atomic mass is 10.3. The molecule has 3 rings (SSSR count). The number of nitrogens with zero attached hydrogens (tertiary/aromatic N) is 4. The summed E-state index contributed by atoms with van der Waals surface area (Å²) in [4.78, 5) is 28.2. The topological polar surface area (TPSA) is 79.6 Å². The lowest BCUT2D eigenvalue weighted by molar-refractivity contribution is -0.120. The zero-order chi connectivity index (χ0) is 12.7. The third-order valence-corrected chi connectivity index (χ3v) is 2.89. The molecule has 0 unspecified atom stereocenters. The summed E-state index contributed by atoms with van der Waals surface area (Å²) < 4.78 is 1.54. The predicted octanol–water partition coefficient (Wildman–Crippen LogP) is 0.829. The highest BCUT2D eigenvalue weighted by Crippen LogP contribution is 2.23. The van der Waals surface area contributed by atoms with E-state index in [-0.39, 0.29) is 12.3 Å². The molecular formula is C10H8ClN5O2. The second kappa shape index (κ2) is 3.95. The van der Waals surface area contributed by atoms with Crippen molar-refractivity contribution in [3.05, 3.63) is 23.7 Å². The maximum Gasteiger partial charge on any atom is 0.328 e. The Kier molecular flexibility index (Phi) is 2.41. The van der Waals surface area contributed by atoms with E-state index >= 15 is 0 Å². The van der Waals surface area contributed by atoms with Crippen LogP contribution in [0.2, 0.25) is 5.15 Å². The van der Waals surface area contributed by atoms with Crippen molar-refractivity contribution in [2.45, 2.75) is 6.42 Å². The molecule has 0 aromatic carbocycles. The summed E-state index contributed by atoms with van der Waals surface area (Å²) >= 11 is 5.75. The molecule has 18 heavy (non-hydrogen) atoms. The van der Waals surface area contributed by atoms with Crippen LogP contribution < -0.4 is 10.2 Å². The Labute approximate surface area is 106 Å². The van der Waals surface area contributed by atoms with Gasteiger partial charge in [-0.15, -0.1) is 0 Å². The number of carbonyl (C=O) groups excluding carboxylic acids is 2. The Balaban J connectivity index is 2.04. The van der Waals surface area contributed by atoms with Gasteiger partial charge in [-0.1, -0.05) is 11.6 Å². The Morgan fingerprint density at radius 3 is 2.94 bits per heavy atom. The van der Waals surface area contributed by atoms with Crippen LogP contribution in [-0.4, -0.2) is 33.1 Å². The van der Waals surface area contributed by atoms with E-state index in [9.17, 15) is 9.59 Å². The second-order valence-corrected chi connectivity index (χ2v) is 4.21. The second-order valence-electron chi connectivity index (χ2n) is 3.82. The smallest absolute Gasteiger partial charge is 0.290 e. The van der Waals surface area contributed by atoms with Crippen LogP contribution in [0.5, 0.6) is 0 Å². The van der Waals surface area contributed by atoms with Crippen molar-refractivity contribution in [3.63, 3.8) is 0 Å². The van der Waals surface area contributed by atoms with Gasteiger partial charge in [0.2, 0.25) is 5.91 Å². The van der Waals surface area contributed by atoms with Gasteiger partial charge in [0, 0.05) is 13.0 Å². The van der Waals surface area contributed by atoms with Gasteiger partial charge in [0.1, 0.15) is 10.7 Å². The Hall–Kier alpha value is -2.15. The van der Waals surface area contributed by atoms with Gasteiger partial charge in [-0.3, -0.25) is 15.0 Å². The number of hydrogen-bond donors (Lipinski definition) is 1. The number of aromatic nitrogens is 3. The zero-order valence-electron chi connectivity index (χ0n) is 9.13. The van der Waals surface area contributed by atoms with Gasteiger partial charge in [0.15, 0.2) is 0 Å². The molecule has 3 amide bonds. The van der Waals surface area contributed by atoms with Crippen LogP contribution in [0.15, 0.2) is 18.6 Å². The number of halogens is 1. The Bertz CT molecular complexity index is 653. The molecule has 1 N–H and O–H groups in total. The molecule has 92 valence electrons. The first kappa shape index (κ1) is 11.0. The van der Waals surface area contributed by atoms with Crippen molar-refractivity contribution in [1.82, 2.24) is 19.9 Å². The SMILES string of the molecule is O=C1CCN(c2cnn3cc(Cl)ncc23)C(=O)N1. The molecular weight excluding hydrogens is 258 g/mol. The molecule has 1 aliphatic heterocycles. The normalized spacial score (nSPS) is 16.2. The maximum absolute atomic E-state index is 11.7. The summed E-state index contributed by atoms with van der Waals surface area (Å²) in [6.45, 7) is 0.328. The summed E-state index contributed by atoms with van der Waals surface area (Å²) in [6, 6.07) is -0.448. The molecule has 8 heteroatoms. The van der Waals surface area contributed by atoms with Crippen LogP contribution in [-0.2, 0) is 4.79 Å². The fraction of sp³-hybridized carbons (Fsp3) is 0.200. The van der Waals surface area contributed by atoms with Gasteiger partial charge < -0.3 is 0 Å². The molecule has 0 saturated carbocycles. The molecule has 3 heterocycles. The van der Waals surface area contributed by atoms with Crippen LogP contribution in [0.1, 0.15) is 6.42 Å². The summed E-state index contributed by atoms with van der Waals surface area (Å²) in [5, 5.41) is 6.67. The van der Waals surface area contributed by atoms with Gasteiger partial charge in [-0.25, -0.2) is 14.3 Å². The van der Waals surface area contributed by atoms with Crippen molar-refractivity contribution in [2.24, 2.45) is 0 Å². The molecule has 0 aliphatic carbocycles. The number of fused-ring (bicyclic) bond motifs is 1. The van der Waals surface area contributed by atoms with Crippen LogP contribution in [0.3, 0.4) is 0 Å². The van der Waals surface area contributed by atoms with Gasteiger partial charge in [0.05, 0.1) is 24.3 Å². The summed E-state index contributed by atoms with van der Waals surface area (Å²) in [5.41, 5.74) is 1.26. The first-order chi connectivity index (χ1) is 8.65. The van der Waals surface area contributed by atoms with Crippen molar-refractivity contribution in [2.75, 3.05) is 11.4 Å². The third kappa shape index (κ3) is 1.68. The van der Waals surface area contributed by atoms with Gasteiger partial charge in [-0.05, 0) is 0 Å². The highest BCUT2D eigenvalue weighted by atomic mass is 35.5. The third-order valence-electron chi connectivity index (χ3n) is 2.70. The molecule has 2 aromatic heterocycles. The minimum atomic E-state index is -0.448. The predicted molar refractivity (Wildman–Crippen MR) is 63.5 cm³/mol. The number of hydrogen-bond acceptors (Lipinski definition) is 4. The monoisotopic (exact) mass is 265 g/mol. The van der Waals surface area contributed by atoms with E-state index in [1.54, 1.807) is 12.4 Å². The molecule has 1 aliphatic rings. The molecule has 2 aromatic rings. The van der Waals surface area contributed by atoms with Gasteiger partial charge in [0.25, 0.3) is 0 Å². The number of imide groups is 1. The van der Waals surface area contributed by atoms with E-state index in [2.05, 4.69) is 15.4 Å². The van der Waals surface area contributed by atoms with Crippen molar-refractivity contribution < 1.29 is 9.59 Å². The van der Waals surface area contributed by atoms with Crippen molar-refractivity contribution >= 4 is 34.7 Å². The van der Waals surface area contributed by atoms with Crippen LogP contribution in [0.4, 0.5) is 10.5 Å². The average molecular weight is 266 g/mol. The fourth-order valence-corrected chi connectivity index (χ4v) is 1.99. The standard InChI is InChI=1S/C10H8ClN5O2/c11-8-5-16-7(3-12-8)6(4-13-16)15-2-1-9(17)14-10(15)18/h3-5H,1-2H2,(H,14,17,18). The number of rotatable bonds is 1. The zero-order valence-corrected chi connectivity index (χ0v) is 9.89. The molecule has 0 spiro atoms. The minimum Gasteiger partial charge on any atom is -0.290 e. The first-order valence-electron chi connectivity index (χ1n) is 5.25. The van der Waals surface area contributed by atoms with Gasteiger partial charge >= 0.3 is 6.03 Å². The van der Waals surface area contributed by atoms with Crippen LogP contribution in [0.25, 0.3) is 5.52 Å². The largest absolute Gasteiger partial charge is 0.328 e. The number of nitrogens with one attached hydrogen (secondary N) is 1. The number of carbonyl (C=O) groups is 2. The molecule has 0 bridgehead atoms. The van der Waals surface area contributed by atoms with E-state index in [1.165, 1.54) is 15.6 Å². The molecule has 0 atom stereocenters. The highest BCUT2D eigenvalue weighted by molar-refractivity contribution is 6.29. The van der Waals surface area contributed by atoms with Gasteiger partial charge in [-0.2, -0.15) is 5.10 Å². The number of anilines is 1. The lowest BCUT2D eigenvalue weighted by Gasteiger charge is -2.25. The van der Waals surface area contributed by atoms with E-state index in [0.717, 1.165) is 0 Å². The van der Waals surface area contributed by atoms with E-state index in [1.807, 2.05) is 0 Å². The van der Waals surface area contributed by atoms with Crippen LogP contribution in [0, 0.1) is 0 Å². The lowest BCUT2D eigenvalue weighted by Crippen LogP contribution is -2.49. The molecule has 1 fully saturated rings. The van der Waals surface area contributed by atoms with Crippen molar-refractivity contribution in [3.8, 4) is 0 Å². The highest BCUT2D eigenvalue weighted by Gasteiger charge is 2.26.